The van der Waals surface area contributed by atoms with Crippen LogP contribution < -0.4 is 4.72 Å². The van der Waals surface area contributed by atoms with E-state index in [-0.39, 0.29) is 5.69 Å². The number of halogens is 3. The fourth-order valence-corrected chi connectivity index (χ4v) is 3.68. The Hall–Kier alpha value is -2.02. The van der Waals surface area contributed by atoms with E-state index in [9.17, 15) is 21.6 Å². The second-order valence-corrected chi connectivity index (χ2v) is 6.77. The van der Waals surface area contributed by atoms with E-state index in [1.165, 1.54) is 0 Å². The fraction of sp³-hybridized carbons (Fsp3) is 0.200. The number of nitrogens with one attached hydrogen (secondary N) is 1. The van der Waals surface area contributed by atoms with Crippen LogP contribution in [0.3, 0.4) is 0 Å². The largest absolute Gasteiger partial charge is 0.280 e. The Kier molecular flexibility index (Phi) is 3.60. The van der Waals surface area contributed by atoms with Crippen molar-refractivity contribution in [3.05, 3.63) is 58.9 Å². The van der Waals surface area contributed by atoms with E-state index in [1.54, 1.807) is 12.1 Å². The number of hydrogen-bond acceptors (Lipinski definition) is 2. The molecule has 0 heterocycles. The van der Waals surface area contributed by atoms with Crippen LogP contribution in [0, 0.1) is 17.5 Å². The molecular formula is C15H12F3NO2S. The van der Waals surface area contributed by atoms with E-state index in [2.05, 4.69) is 4.72 Å². The van der Waals surface area contributed by atoms with Crippen molar-refractivity contribution in [1.82, 2.24) is 0 Å². The highest BCUT2D eigenvalue weighted by Crippen LogP contribution is 2.27. The number of benzene rings is 2. The van der Waals surface area contributed by atoms with Gasteiger partial charge in [0.2, 0.25) is 0 Å². The summed E-state index contributed by atoms with van der Waals surface area (Å²) in [7, 11) is -4.33. The molecule has 1 aliphatic rings. The molecule has 0 aliphatic heterocycles. The Morgan fingerprint density at radius 1 is 0.909 bits per heavy atom. The van der Waals surface area contributed by atoms with Gasteiger partial charge in [0.15, 0.2) is 17.5 Å². The molecule has 1 aliphatic carbocycles. The average molecular weight is 327 g/mol. The summed E-state index contributed by atoms with van der Waals surface area (Å²) in [6, 6.07) is 6.33. The van der Waals surface area contributed by atoms with Gasteiger partial charge >= 0.3 is 0 Å². The Morgan fingerprint density at radius 3 is 2.41 bits per heavy atom. The number of aryl methyl sites for hydroxylation is 2. The quantitative estimate of drug-likeness (QED) is 0.878. The van der Waals surface area contributed by atoms with Crippen LogP contribution in [0.2, 0.25) is 0 Å². The Balaban J connectivity index is 1.96. The van der Waals surface area contributed by atoms with Crippen molar-refractivity contribution in [3.63, 3.8) is 0 Å². The topological polar surface area (TPSA) is 46.2 Å². The van der Waals surface area contributed by atoms with Gasteiger partial charge < -0.3 is 0 Å². The summed E-state index contributed by atoms with van der Waals surface area (Å²) in [6.45, 7) is 0. The highest BCUT2D eigenvalue weighted by molar-refractivity contribution is 7.92. The number of anilines is 1. The van der Waals surface area contributed by atoms with Crippen LogP contribution in [0.5, 0.6) is 0 Å². The first-order valence-corrected chi connectivity index (χ1v) is 8.15. The summed E-state index contributed by atoms with van der Waals surface area (Å²) < 4.78 is 66.2. The van der Waals surface area contributed by atoms with Gasteiger partial charge in [-0.2, -0.15) is 0 Å². The van der Waals surface area contributed by atoms with E-state index in [0.29, 0.717) is 12.1 Å². The number of sulfonamides is 1. The second kappa shape index (κ2) is 5.31. The molecule has 0 saturated heterocycles. The van der Waals surface area contributed by atoms with E-state index >= 15 is 0 Å². The molecule has 3 nitrogen and oxygen atoms in total. The van der Waals surface area contributed by atoms with Crippen LogP contribution in [-0.2, 0) is 22.9 Å². The van der Waals surface area contributed by atoms with Gasteiger partial charge in [-0.3, -0.25) is 4.72 Å². The van der Waals surface area contributed by atoms with Crippen molar-refractivity contribution in [1.29, 1.82) is 0 Å². The van der Waals surface area contributed by atoms with Gasteiger partial charge in [-0.1, -0.05) is 6.07 Å². The van der Waals surface area contributed by atoms with E-state index in [0.717, 1.165) is 30.4 Å². The number of fused-ring (bicyclic) bond motifs is 1. The molecule has 0 saturated carbocycles. The Labute approximate surface area is 125 Å². The third kappa shape index (κ3) is 2.56. The molecule has 22 heavy (non-hydrogen) atoms. The van der Waals surface area contributed by atoms with Crippen molar-refractivity contribution >= 4 is 15.7 Å². The van der Waals surface area contributed by atoms with Gasteiger partial charge in [-0.25, -0.2) is 21.6 Å². The summed E-state index contributed by atoms with van der Waals surface area (Å²) in [6.07, 6.45) is 2.80. The highest BCUT2D eigenvalue weighted by atomic mass is 32.2. The molecular weight excluding hydrogens is 315 g/mol. The smallest absolute Gasteiger partial charge is 0.264 e. The SMILES string of the molecule is O=S(=O)(Nc1ccc2c(c1)CCC2)c1ccc(F)c(F)c1F. The summed E-state index contributed by atoms with van der Waals surface area (Å²) in [5, 5.41) is 0. The summed E-state index contributed by atoms with van der Waals surface area (Å²) in [5.41, 5.74) is 2.46. The molecule has 0 fully saturated rings. The van der Waals surface area contributed by atoms with Crippen molar-refractivity contribution < 1.29 is 21.6 Å². The van der Waals surface area contributed by atoms with Gasteiger partial charge in [0, 0.05) is 5.69 Å². The Morgan fingerprint density at radius 2 is 1.64 bits per heavy atom. The maximum absolute atomic E-state index is 13.6. The minimum Gasteiger partial charge on any atom is -0.280 e. The first-order valence-electron chi connectivity index (χ1n) is 6.66. The van der Waals surface area contributed by atoms with Gasteiger partial charge in [0.1, 0.15) is 4.90 Å². The lowest BCUT2D eigenvalue weighted by molar-refractivity contribution is 0.432. The lowest BCUT2D eigenvalue weighted by Gasteiger charge is -2.11. The lowest BCUT2D eigenvalue weighted by Crippen LogP contribution is -2.16. The molecule has 3 rings (SSSR count). The van der Waals surface area contributed by atoms with Gasteiger partial charge in [0.25, 0.3) is 10.0 Å². The average Bonchev–Trinajstić information content (AvgIpc) is 2.91. The van der Waals surface area contributed by atoms with E-state index in [4.69, 9.17) is 0 Å². The van der Waals surface area contributed by atoms with Crippen LogP contribution in [0.25, 0.3) is 0 Å². The normalized spacial score (nSPS) is 14.0. The monoisotopic (exact) mass is 327 g/mol. The van der Waals surface area contributed by atoms with Crippen LogP contribution in [0.15, 0.2) is 35.2 Å². The third-order valence-electron chi connectivity index (χ3n) is 3.64. The second-order valence-electron chi connectivity index (χ2n) is 5.12. The molecule has 2 aromatic carbocycles. The van der Waals surface area contributed by atoms with Crippen LogP contribution in [-0.4, -0.2) is 8.42 Å². The van der Waals surface area contributed by atoms with Crippen LogP contribution in [0.1, 0.15) is 17.5 Å². The Bertz CT molecular complexity index is 850. The third-order valence-corrected chi connectivity index (χ3v) is 5.04. The van der Waals surface area contributed by atoms with Crippen LogP contribution >= 0.6 is 0 Å². The molecule has 7 heteroatoms. The molecule has 2 aromatic rings. The molecule has 0 unspecified atom stereocenters. The maximum Gasteiger partial charge on any atom is 0.264 e. The summed E-state index contributed by atoms with van der Waals surface area (Å²) in [4.78, 5) is -0.924. The zero-order valence-corrected chi connectivity index (χ0v) is 12.2. The van der Waals surface area contributed by atoms with E-state index in [1.807, 2.05) is 6.07 Å². The molecule has 0 amide bonds. The summed E-state index contributed by atoms with van der Waals surface area (Å²) >= 11 is 0. The predicted molar refractivity (Wildman–Crippen MR) is 75.6 cm³/mol. The van der Waals surface area contributed by atoms with Gasteiger partial charge in [-0.15, -0.1) is 0 Å². The molecule has 0 spiro atoms. The standard InChI is InChI=1S/C15H12F3NO2S/c16-12-6-7-13(15(18)14(12)17)22(20,21)19-11-5-4-9-2-1-3-10(9)8-11/h4-8,19H,1-3H2. The van der Waals surface area contributed by atoms with Crippen molar-refractivity contribution in [2.24, 2.45) is 0 Å². The first-order chi connectivity index (χ1) is 10.4. The van der Waals surface area contributed by atoms with Crippen molar-refractivity contribution in [2.45, 2.75) is 24.2 Å². The van der Waals surface area contributed by atoms with Crippen LogP contribution in [0.4, 0.5) is 18.9 Å². The van der Waals surface area contributed by atoms with Gasteiger partial charge in [0.05, 0.1) is 0 Å². The number of hydrogen-bond donors (Lipinski definition) is 1. The fourth-order valence-electron chi connectivity index (χ4n) is 2.56. The van der Waals surface area contributed by atoms with Crippen molar-refractivity contribution in [3.8, 4) is 0 Å². The minimum atomic E-state index is -4.33. The first kappa shape index (κ1) is 14.9. The van der Waals surface area contributed by atoms with E-state index < -0.39 is 32.4 Å². The molecule has 1 N–H and O–H groups in total. The lowest BCUT2D eigenvalue weighted by atomic mass is 10.1. The molecule has 116 valence electrons. The maximum atomic E-state index is 13.6. The highest BCUT2D eigenvalue weighted by Gasteiger charge is 2.24. The zero-order chi connectivity index (χ0) is 15.9. The molecule has 0 aromatic heterocycles. The minimum absolute atomic E-state index is 0.268. The summed E-state index contributed by atoms with van der Waals surface area (Å²) in [5.74, 6) is -4.97. The van der Waals surface area contributed by atoms with Crippen molar-refractivity contribution in [2.75, 3.05) is 4.72 Å². The zero-order valence-electron chi connectivity index (χ0n) is 11.4. The van der Waals surface area contributed by atoms with Gasteiger partial charge in [-0.05, 0) is 54.7 Å². The molecule has 0 atom stereocenters. The molecule has 0 bridgehead atoms. The molecule has 0 radical (unpaired) electrons. The number of rotatable bonds is 3. The predicted octanol–water partition coefficient (Wildman–Crippen LogP) is 3.39.